The summed E-state index contributed by atoms with van der Waals surface area (Å²) < 4.78 is 29.6. The summed E-state index contributed by atoms with van der Waals surface area (Å²) in [6, 6.07) is 1.40. The molecule has 0 aromatic carbocycles. The summed E-state index contributed by atoms with van der Waals surface area (Å²) in [5, 5.41) is 0. The highest BCUT2D eigenvalue weighted by atomic mass is 79.9. The lowest BCUT2D eigenvalue weighted by Crippen LogP contribution is -1.93. The topological polar surface area (TPSA) is 22.1 Å². The molecule has 0 unspecified atom stereocenters. The van der Waals surface area contributed by atoms with Crippen molar-refractivity contribution < 1.29 is 13.5 Å². The van der Waals surface area contributed by atoms with Gasteiger partial charge >= 0.3 is 0 Å². The standard InChI is InChI=1S/C7H6BrF2NO/c1-12-5-2-6(8)11-3-4(5)7(9)10/h2-3,7H,1H3. The van der Waals surface area contributed by atoms with Crippen LogP contribution in [0.25, 0.3) is 0 Å². The Bertz CT molecular complexity index is 280. The molecule has 0 radical (unpaired) electrons. The summed E-state index contributed by atoms with van der Waals surface area (Å²) in [7, 11) is 1.34. The molecule has 0 saturated heterocycles. The first kappa shape index (κ1) is 9.38. The average Bonchev–Trinajstić information content (AvgIpc) is 2.03. The highest BCUT2D eigenvalue weighted by Gasteiger charge is 2.14. The van der Waals surface area contributed by atoms with Crippen molar-refractivity contribution in [1.29, 1.82) is 0 Å². The average molecular weight is 238 g/mol. The summed E-state index contributed by atoms with van der Waals surface area (Å²) in [4.78, 5) is 3.67. The third-order valence-corrected chi connectivity index (χ3v) is 1.75. The van der Waals surface area contributed by atoms with Crippen LogP contribution < -0.4 is 4.74 Å². The zero-order valence-corrected chi connectivity index (χ0v) is 7.81. The molecule has 0 aliphatic heterocycles. The summed E-state index contributed by atoms with van der Waals surface area (Å²) in [5.74, 6) is 0.145. The van der Waals surface area contributed by atoms with E-state index in [4.69, 9.17) is 4.74 Å². The maximum Gasteiger partial charge on any atom is 0.268 e. The van der Waals surface area contributed by atoms with Crippen molar-refractivity contribution in [2.75, 3.05) is 7.11 Å². The van der Waals surface area contributed by atoms with Crippen LogP contribution in [0.2, 0.25) is 0 Å². The van der Waals surface area contributed by atoms with Gasteiger partial charge in [-0.05, 0) is 15.9 Å². The predicted molar refractivity (Wildman–Crippen MR) is 43.4 cm³/mol. The van der Waals surface area contributed by atoms with Crippen LogP contribution in [0.4, 0.5) is 8.78 Å². The van der Waals surface area contributed by atoms with Crippen LogP contribution in [0.3, 0.4) is 0 Å². The van der Waals surface area contributed by atoms with Crippen LogP contribution in [0.15, 0.2) is 16.9 Å². The van der Waals surface area contributed by atoms with E-state index < -0.39 is 6.43 Å². The van der Waals surface area contributed by atoms with Gasteiger partial charge in [0.25, 0.3) is 6.43 Å². The number of methoxy groups -OCH3 is 1. The molecule has 5 heteroatoms. The Balaban J connectivity index is 3.11. The van der Waals surface area contributed by atoms with Gasteiger partial charge in [0.15, 0.2) is 0 Å². The van der Waals surface area contributed by atoms with Gasteiger partial charge in [0.1, 0.15) is 10.4 Å². The van der Waals surface area contributed by atoms with E-state index in [0.717, 1.165) is 6.20 Å². The third kappa shape index (κ3) is 1.91. The van der Waals surface area contributed by atoms with Crippen LogP contribution in [0.1, 0.15) is 12.0 Å². The van der Waals surface area contributed by atoms with Gasteiger partial charge in [-0.2, -0.15) is 0 Å². The molecule has 0 atom stereocenters. The van der Waals surface area contributed by atoms with Gasteiger partial charge in [-0.3, -0.25) is 0 Å². The molecule has 2 nitrogen and oxygen atoms in total. The Morgan fingerprint density at radius 2 is 2.25 bits per heavy atom. The normalized spacial score (nSPS) is 10.4. The zero-order valence-electron chi connectivity index (χ0n) is 6.22. The van der Waals surface area contributed by atoms with E-state index in [1.54, 1.807) is 0 Å². The largest absolute Gasteiger partial charge is 0.496 e. The highest BCUT2D eigenvalue weighted by molar-refractivity contribution is 9.10. The number of hydrogen-bond acceptors (Lipinski definition) is 2. The van der Waals surface area contributed by atoms with Crippen LogP contribution in [0, 0.1) is 0 Å². The number of rotatable bonds is 2. The number of aromatic nitrogens is 1. The molecule has 12 heavy (non-hydrogen) atoms. The van der Waals surface area contributed by atoms with Gasteiger partial charge in [-0.15, -0.1) is 0 Å². The SMILES string of the molecule is COc1cc(Br)ncc1C(F)F. The van der Waals surface area contributed by atoms with Crippen molar-refractivity contribution in [3.05, 3.63) is 22.4 Å². The lowest BCUT2D eigenvalue weighted by Gasteiger charge is -2.06. The first-order valence-corrected chi connectivity index (χ1v) is 3.92. The lowest BCUT2D eigenvalue weighted by atomic mass is 10.3. The molecule has 1 aromatic heterocycles. The molecule has 1 aromatic rings. The highest BCUT2D eigenvalue weighted by Crippen LogP contribution is 2.29. The number of pyridine rings is 1. The number of nitrogens with zero attached hydrogens (tertiary/aromatic N) is 1. The predicted octanol–water partition coefficient (Wildman–Crippen LogP) is 2.79. The number of hydrogen-bond donors (Lipinski definition) is 0. The monoisotopic (exact) mass is 237 g/mol. The van der Waals surface area contributed by atoms with Crippen molar-refractivity contribution in [3.63, 3.8) is 0 Å². The Labute approximate surface area is 76.7 Å². The fourth-order valence-corrected chi connectivity index (χ4v) is 1.07. The molecular formula is C7H6BrF2NO. The van der Waals surface area contributed by atoms with Crippen molar-refractivity contribution in [1.82, 2.24) is 4.98 Å². The van der Waals surface area contributed by atoms with Gasteiger partial charge in [-0.1, -0.05) is 0 Å². The van der Waals surface area contributed by atoms with Crippen LogP contribution in [-0.2, 0) is 0 Å². The Morgan fingerprint density at radius 1 is 1.58 bits per heavy atom. The molecule has 0 N–H and O–H groups in total. The molecule has 0 fully saturated rings. The van der Waals surface area contributed by atoms with Gasteiger partial charge in [0.05, 0.1) is 12.7 Å². The molecule has 0 aliphatic rings. The zero-order chi connectivity index (χ0) is 9.14. The van der Waals surface area contributed by atoms with E-state index in [2.05, 4.69) is 20.9 Å². The summed E-state index contributed by atoms with van der Waals surface area (Å²) in [5.41, 5.74) is -0.194. The second-order valence-electron chi connectivity index (χ2n) is 2.05. The van der Waals surface area contributed by atoms with Gasteiger partial charge in [0, 0.05) is 12.3 Å². The maximum atomic E-state index is 12.2. The van der Waals surface area contributed by atoms with E-state index in [0.29, 0.717) is 4.60 Å². The molecular weight excluding hydrogens is 232 g/mol. The fraction of sp³-hybridized carbons (Fsp3) is 0.286. The molecule has 1 heterocycles. The van der Waals surface area contributed by atoms with E-state index in [-0.39, 0.29) is 11.3 Å². The quantitative estimate of drug-likeness (QED) is 0.739. The van der Waals surface area contributed by atoms with E-state index >= 15 is 0 Å². The minimum absolute atomic E-state index is 0.145. The van der Waals surface area contributed by atoms with E-state index in [1.807, 2.05) is 0 Å². The number of halogens is 3. The molecule has 66 valence electrons. The molecule has 0 spiro atoms. The van der Waals surface area contributed by atoms with Gasteiger partial charge in [-0.25, -0.2) is 13.8 Å². The fourth-order valence-electron chi connectivity index (χ4n) is 0.764. The van der Waals surface area contributed by atoms with Crippen molar-refractivity contribution in [2.24, 2.45) is 0 Å². The van der Waals surface area contributed by atoms with Crippen LogP contribution in [-0.4, -0.2) is 12.1 Å². The van der Waals surface area contributed by atoms with Gasteiger partial charge in [0.2, 0.25) is 0 Å². The first-order chi connectivity index (χ1) is 5.65. The summed E-state index contributed by atoms with van der Waals surface area (Å²) in [6.45, 7) is 0. The lowest BCUT2D eigenvalue weighted by molar-refractivity contribution is 0.146. The number of ether oxygens (including phenoxy) is 1. The molecule has 0 amide bonds. The third-order valence-electron chi connectivity index (χ3n) is 1.32. The Morgan fingerprint density at radius 3 is 2.75 bits per heavy atom. The van der Waals surface area contributed by atoms with E-state index in [9.17, 15) is 8.78 Å². The van der Waals surface area contributed by atoms with Crippen LogP contribution >= 0.6 is 15.9 Å². The maximum absolute atomic E-state index is 12.2. The van der Waals surface area contributed by atoms with Crippen LogP contribution in [0.5, 0.6) is 5.75 Å². The molecule has 0 aliphatic carbocycles. The van der Waals surface area contributed by atoms with Crippen molar-refractivity contribution in [3.8, 4) is 5.75 Å². The molecule has 1 rings (SSSR count). The Kier molecular flexibility index (Phi) is 2.97. The second kappa shape index (κ2) is 3.80. The number of alkyl halides is 2. The Hall–Kier alpha value is -0.710. The molecule has 0 bridgehead atoms. The van der Waals surface area contributed by atoms with Crippen molar-refractivity contribution in [2.45, 2.75) is 6.43 Å². The summed E-state index contributed by atoms with van der Waals surface area (Å²) in [6.07, 6.45) is -1.46. The van der Waals surface area contributed by atoms with Crippen molar-refractivity contribution >= 4 is 15.9 Å². The van der Waals surface area contributed by atoms with Gasteiger partial charge < -0.3 is 4.74 Å². The second-order valence-corrected chi connectivity index (χ2v) is 2.86. The summed E-state index contributed by atoms with van der Waals surface area (Å²) >= 11 is 3.05. The molecule has 0 saturated carbocycles. The minimum atomic E-state index is -2.56. The smallest absolute Gasteiger partial charge is 0.268 e. The minimum Gasteiger partial charge on any atom is -0.496 e. The van der Waals surface area contributed by atoms with E-state index in [1.165, 1.54) is 13.2 Å². The first-order valence-electron chi connectivity index (χ1n) is 3.12.